The van der Waals surface area contributed by atoms with Crippen molar-refractivity contribution < 1.29 is 19.5 Å². The molecule has 0 aromatic heterocycles. The predicted octanol–water partition coefficient (Wildman–Crippen LogP) is 3.77. The van der Waals surface area contributed by atoms with Crippen molar-refractivity contribution in [1.82, 2.24) is 10.8 Å². The molecule has 2 aromatic rings. The van der Waals surface area contributed by atoms with Crippen LogP contribution in [-0.4, -0.2) is 23.1 Å². The van der Waals surface area contributed by atoms with Crippen LogP contribution in [0.25, 0.3) is 0 Å². The molecular formula is C25H30N2O4. The largest absolute Gasteiger partial charge is 0.489 e. The van der Waals surface area contributed by atoms with Gasteiger partial charge in [-0.15, -0.1) is 0 Å². The molecule has 6 heteroatoms. The Kier molecular flexibility index (Phi) is 6.56. The van der Waals surface area contributed by atoms with Gasteiger partial charge in [0.2, 0.25) is 11.8 Å². The lowest BCUT2D eigenvalue weighted by molar-refractivity contribution is -0.135. The van der Waals surface area contributed by atoms with Gasteiger partial charge in [-0.1, -0.05) is 61.7 Å². The first-order chi connectivity index (χ1) is 15.1. The fraction of sp³-hybridized carbons (Fsp3) is 0.440. The number of benzene rings is 2. The lowest BCUT2D eigenvalue weighted by atomic mass is 9.90. The van der Waals surface area contributed by atoms with E-state index < -0.39 is 17.2 Å². The van der Waals surface area contributed by atoms with Crippen LogP contribution in [0.15, 0.2) is 54.6 Å². The molecule has 0 radical (unpaired) electrons. The van der Waals surface area contributed by atoms with Crippen LogP contribution in [0.5, 0.6) is 5.75 Å². The summed E-state index contributed by atoms with van der Waals surface area (Å²) in [5, 5.41) is 12.3. The second-order valence-corrected chi connectivity index (χ2v) is 8.79. The van der Waals surface area contributed by atoms with Crippen molar-refractivity contribution in [3.63, 3.8) is 0 Å². The number of nitrogens with one attached hydrogen (secondary N) is 2. The van der Waals surface area contributed by atoms with Crippen LogP contribution in [0.3, 0.4) is 0 Å². The van der Waals surface area contributed by atoms with Gasteiger partial charge >= 0.3 is 0 Å². The van der Waals surface area contributed by atoms with Gasteiger partial charge in [0.1, 0.15) is 12.4 Å². The summed E-state index contributed by atoms with van der Waals surface area (Å²) in [6, 6.07) is 17.8. The summed E-state index contributed by atoms with van der Waals surface area (Å²) in [6.07, 6.45) is 6.36. The molecule has 0 spiro atoms. The topological polar surface area (TPSA) is 87.7 Å². The minimum absolute atomic E-state index is 0.0718. The third-order valence-electron chi connectivity index (χ3n) is 6.59. The first-order valence-electron chi connectivity index (χ1n) is 11.1. The molecule has 6 nitrogen and oxygen atoms in total. The highest BCUT2D eigenvalue weighted by Crippen LogP contribution is 2.55. The zero-order chi connectivity index (χ0) is 21.7. The molecule has 0 heterocycles. The van der Waals surface area contributed by atoms with Gasteiger partial charge in [-0.05, 0) is 48.9 Å². The van der Waals surface area contributed by atoms with Gasteiger partial charge in [0.25, 0.3) is 0 Å². The first kappa shape index (κ1) is 21.4. The normalized spacial score (nSPS) is 23.1. The second kappa shape index (κ2) is 9.52. The Labute approximate surface area is 183 Å². The maximum Gasteiger partial charge on any atom is 0.247 e. The lowest BCUT2D eigenvalue weighted by Crippen LogP contribution is -2.43. The highest BCUT2D eigenvalue weighted by atomic mass is 16.5. The van der Waals surface area contributed by atoms with Crippen molar-refractivity contribution >= 4 is 11.8 Å². The molecule has 0 aliphatic heterocycles. The standard InChI is InChI=1S/C25H30N2O4/c28-23(27-30)22-16-25(22,24(29)26-20-9-5-2-6-10-20)15-18-11-13-21(14-12-18)31-17-19-7-3-1-4-8-19/h1,3-4,7-8,11-14,20,22,30H,2,5-6,9-10,15-17H2,(H,26,29)(H,27,28)/t22-,25+/m1/s1. The number of hydroxylamine groups is 1. The van der Waals surface area contributed by atoms with E-state index in [1.165, 1.54) is 6.42 Å². The molecule has 2 amide bonds. The second-order valence-electron chi connectivity index (χ2n) is 8.79. The van der Waals surface area contributed by atoms with Crippen LogP contribution < -0.4 is 15.5 Å². The van der Waals surface area contributed by atoms with Crippen molar-refractivity contribution in [3.05, 3.63) is 65.7 Å². The molecular weight excluding hydrogens is 392 g/mol. The third-order valence-corrected chi connectivity index (χ3v) is 6.59. The molecule has 2 saturated carbocycles. The maximum absolute atomic E-state index is 13.2. The average molecular weight is 423 g/mol. The third kappa shape index (κ3) is 5.07. The summed E-state index contributed by atoms with van der Waals surface area (Å²) in [6.45, 7) is 0.493. The molecule has 2 atom stereocenters. The quantitative estimate of drug-likeness (QED) is 0.446. The van der Waals surface area contributed by atoms with E-state index in [0.717, 1.165) is 42.6 Å². The van der Waals surface area contributed by atoms with Crippen LogP contribution in [-0.2, 0) is 22.6 Å². The highest BCUT2D eigenvalue weighted by Gasteiger charge is 2.63. The van der Waals surface area contributed by atoms with Crippen molar-refractivity contribution in [1.29, 1.82) is 0 Å². The predicted molar refractivity (Wildman–Crippen MR) is 116 cm³/mol. The summed E-state index contributed by atoms with van der Waals surface area (Å²) < 4.78 is 5.84. The molecule has 2 fully saturated rings. The Morgan fingerprint density at radius 2 is 1.68 bits per heavy atom. The van der Waals surface area contributed by atoms with E-state index >= 15 is 0 Å². The summed E-state index contributed by atoms with van der Waals surface area (Å²) in [5.74, 6) is -0.303. The van der Waals surface area contributed by atoms with Gasteiger partial charge in [0.15, 0.2) is 0 Å². The number of carbonyl (C=O) groups is 2. The molecule has 0 bridgehead atoms. The van der Waals surface area contributed by atoms with E-state index in [-0.39, 0.29) is 11.9 Å². The summed E-state index contributed by atoms with van der Waals surface area (Å²) in [7, 11) is 0. The fourth-order valence-corrected chi connectivity index (χ4v) is 4.64. The first-order valence-corrected chi connectivity index (χ1v) is 11.1. The van der Waals surface area contributed by atoms with Gasteiger partial charge in [-0.3, -0.25) is 14.8 Å². The fourth-order valence-electron chi connectivity index (χ4n) is 4.64. The van der Waals surface area contributed by atoms with Crippen molar-refractivity contribution in [3.8, 4) is 5.75 Å². The van der Waals surface area contributed by atoms with Crippen LogP contribution >= 0.6 is 0 Å². The average Bonchev–Trinajstić information content (AvgIpc) is 3.55. The van der Waals surface area contributed by atoms with E-state index in [1.54, 1.807) is 5.48 Å². The van der Waals surface area contributed by atoms with E-state index in [4.69, 9.17) is 9.94 Å². The van der Waals surface area contributed by atoms with Crippen LogP contribution in [0.4, 0.5) is 0 Å². The smallest absolute Gasteiger partial charge is 0.247 e. The number of hydrogen-bond acceptors (Lipinski definition) is 4. The van der Waals surface area contributed by atoms with Crippen molar-refractivity contribution in [2.45, 2.75) is 57.6 Å². The minimum Gasteiger partial charge on any atom is -0.489 e. The highest BCUT2D eigenvalue weighted by molar-refractivity contribution is 5.96. The summed E-state index contributed by atoms with van der Waals surface area (Å²) in [5.41, 5.74) is 3.00. The molecule has 4 rings (SSSR count). The van der Waals surface area contributed by atoms with E-state index in [0.29, 0.717) is 19.4 Å². The van der Waals surface area contributed by atoms with Gasteiger partial charge in [-0.2, -0.15) is 0 Å². The van der Waals surface area contributed by atoms with Gasteiger partial charge in [-0.25, -0.2) is 5.48 Å². The molecule has 2 aliphatic carbocycles. The molecule has 2 aromatic carbocycles. The lowest BCUT2D eigenvalue weighted by Gasteiger charge is -2.26. The van der Waals surface area contributed by atoms with Crippen molar-refractivity contribution in [2.75, 3.05) is 0 Å². The summed E-state index contributed by atoms with van der Waals surface area (Å²) >= 11 is 0. The summed E-state index contributed by atoms with van der Waals surface area (Å²) in [4.78, 5) is 25.2. The Balaban J connectivity index is 1.41. The number of amides is 2. The molecule has 2 aliphatic rings. The van der Waals surface area contributed by atoms with Crippen LogP contribution in [0, 0.1) is 11.3 Å². The molecule has 0 unspecified atom stereocenters. The monoisotopic (exact) mass is 422 g/mol. The minimum atomic E-state index is -0.795. The molecule has 0 saturated heterocycles. The Hall–Kier alpha value is -2.86. The van der Waals surface area contributed by atoms with Crippen LogP contribution in [0.2, 0.25) is 0 Å². The Morgan fingerprint density at radius 3 is 2.35 bits per heavy atom. The number of carbonyl (C=O) groups excluding carboxylic acids is 2. The van der Waals surface area contributed by atoms with Gasteiger partial charge in [0, 0.05) is 6.04 Å². The molecule has 164 valence electrons. The van der Waals surface area contributed by atoms with Crippen LogP contribution in [0.1, 0.15) is 49.7 Å². The van der Waals surface area contributed by atoms with E-state index in [2.05, 4.69) is 5.32 Å². The zero-order valence-electron chi connectivity index (χ0n) is 17.7. The maximum atomic E-state index is 13.2. The number of ether oxygens (including phenoxy) is 1. The number of rotatable bonds is 8. The van der Waals surface area contributed by atoms with E-state index in [9.17, 15) is 9.59 Å². The van der Waals surface area contributed by atoms with E-state index in [1.807, 2.05) is 54.6 Å². The zero-order valence-corrected chi connectivity index (χ0v) is 17.7. The van der Waals surface area contributed by atoms with Gasteiger partial charge < -0.3 is 10.1 Å². The Morgan fingerprint density at radius 1 is 0.968 bits per heavy atom. The van der Waals surface area contributed by atoms with Gasteiger partial charge in [0.05, 0.1) is 11.3 Å². The SMILES string of the molecule is O=C(NO)[C@H]1C[C@]1(Cc1ccc(OCc2ccccc2)cc1)C(=O)NC1CCCCC1. The molecule has 31 heavy (non-hydrogen) atoms. The molecule has 3 N–H and O–H groups in total. The van der Waals surface area contributed by atoms with Crippen molar-refractivity contribution in [2.24, 2.45) is 11.3 Å². The Bertz CT molecular complexity index is 893. The number of hydrogen-bond donors (Lipinski definition) is 3.